The number of methoxy groups -OCH3 is 2. The fourth-order valence-electron chi connectivity index (χ4n) is 6.94. The second kappa shape index (κ2) is 18.4. The molecule has 298 valence electrons. The van der Waals surface area contributed by atoms with Crippen molar-refractivity contribution in [1.82, 2.24) is 9.55 Å². The van der Waals surface area contributed by atoms with Crippen molar-refractivity contribution in [3.63, 3.8) is 0 Å². The monoisotopic (exact) mass is 817 g/mol. The zero-order valence-electron chi connectivity index (χ0n) is 32.3. The van der Waals surface area contributed by atoms with Crippen LogP contribution in [-0.4, -0.2) is 55.2 Å². The number of ether oxygens (including phenoxy) is 4. The summed E-state index contributed by atoms with van der Waals surface area (Å²) in [6, 6.07) is 45.2. The van der Waals surface area contributed by atoms with Gasteiger partial charge in [-0.2, -0.15) is 4.98 Å². The molecule has 7 rings (SSSR count). The van der Waals surface area contributed by atoms with Crippen molar-refractivity contribution in [3.8, 4) is 11.5 Å². The van der Waals surface area contributed by atoms with Gasteiger partial charge < -0.3 is 28.8 Å². The minimum absolute atomic E-state index is 0.0229. The molecule has 5 aromatic carbocycles. The van der Waals surface area contributed by atoms with Crippen LogP contribution in [-0.2, 0) is 29.9 Å². The number of rotatable bonds is 16. The zero-order chi connectivity index (χ0) is 40.5. The average Bonchev–Trinajstić information content (AvgIpc) is 3.65. The Morgan fingerprint density at radius 3 is 1.93 bits per heavy atom. The topological polar surface area (TPSA) is 127 Å². The number of amides is 1. The van der Waals surface area contributed by atoms with E-state index in [1.54, 1.807) is 51.2 Å². The average molecular weight is 818 g/mol. The van der Waals surface area contributed by atoms with Crippen LogP contribution in [0.5, 0.6) is 11.5 Å². The van der Waals surface area contributed by atoms with Gasteiger partial charge in [0.1, 0.15) is 35.2 Å². The van der Waals surface area contributed by atoms with Crippen LogP contribution in [0.15, 0.2) is 157 Å². The first-order valence-electron chi connectivity index (χ1n) is 18.7. The minimum Gasteiger partial charge on any atom is -0.497 e. The highest BCUT2D eigenvalue weighted by atomic mass is 32.7. The zero-order valence-corrected chi connectivity index (χ0v) is 34.0. The molecule has 1 aliphatic rings. The SMILES string of the molecule is COc1ccc(C(OC[C@H]2O[C@@H](n3ccc(NC(=O)c4ccccc4)nc3=O)C[C@@H]2OP(C)(=O)SCc2ccccc2)(c2ccccc2)c2ccc(OC)cc2)cc1. The van der Waals surface area contributed by atoms with Crippen LogP contribution < -0.4 is 20.5 Å². The Morgan fingerprint density at radius 2 is 1.36 bits per heavy atom. The predicted molar refractivity (Wildman–Crippen MR) is 226 cm³/mol. The summed E-state index contributed by atoms with van der Waals surface area (Å²) in [5, 5.41) is 2.69. The first-order chi connectivity index (χ1) is 28.2. The van der Waals surface area contributed by atoms with E-state index >= 15 is 0 Å². The summed E-state index contributed by atoms with van der Waals surface area (Å²) in [7, 11) is 3.24. The first kappa shape index (κ1) is 40.7. The van der Waals surface area contributed by atoms with Gasteiger partial charge in [0.2, 0.25) is 0 Å². The van der Waals surface area contributed by atoms with E-state index in [2.05, 4.69) is 10.3 Å². The van der Waals surface area contributed by atoms with E-state index in [0.717, 1.165) is 22.3 Å². The molecule has 1 saturated heterocycles. The van der Waals surface area contributed by atoms with E-state index in [1.165, 1.54) is 22.1 Å². The van der Waals surface area contributed by atoms with Gasteiger partial charge in [0.25, 0.3) is 12.5 Å². The Kier molecular flexibility index (Phi) is 12.9. The molecule has 0 bridgehead atoms. The maximum absolute atomic E-state index is 14.1. The molecule has 58 heavy (non-hydrogen) atoms. The quantitative estimate of drug-likeness (QED) is 0.0747. The first-order valence-corrected chi connectivity index (χ1v) is 22.4. The largest absolute Gasteiger partial charge is 0.497 e. The molecule has 0 saturated carbocycles. The molecule has 0 spiro atoms. The normalized spacial score (nSPS) is 17.6. The third-order valence-electron chi connectivity index (χ3n) is 9.87. The summed E-state index contributed by atoms with van der Waals surface area (Å²) < 4.78 is 46.8. The second-order valence-corrected chi connectivity index (χ2v) is 18.7. The molecule has 2 heterocycles. The van der Waals surface area contributed by atoms with Gasteiger partial charge in [0.05, 0.1) is 26.9 Å². The van der Waals surface area contributed by atoms with E-state index in [0.29, 0.717) is 22.8 Å². The van der Waals surface area contributed by atoms with E-state index in [1.807, 2.05) is 115 Å². The van der Waals surface area contributed by atoms with E-state index in [4.69, 9.17) is 23.5 Å². The lowest BCUT2D eigenvalue weighted by atomic mass is 9.80. The molecule has 11 nitrogen and oxygen atoms in total. The van der Waals surface area contributed by atoms with E-state index in [-0.39, 0.29) is 18.8 Å². The van der Waals surface area contributed by atoms with Crippen molar-refractivity contribution in [1.29, 1.82) is 0 Å². The van der Waals surface area contributed by atoms with Crippen LogP contribution in [0.4, 0.5) is 5.82 Å². The number of hydrogen-bond donors (Lipinski definition) is 1. The van der Waals surface area contributed by atoms with Gasteiger partial charge in [0, 0.05) is 30.6 Å². The van der Waals surface area contributed by atoms with Crippen LogP contribution in [0.1, 0.15) is 45.3 Å². The van der Waals surface area contributed by atoms with E-state index in [9.17, 15) is 14.2 Å². The van der Waals surface area contributed by atoms with Gasteiger partial charge in [-0.1, -0.05) is 115 Å². The summed E-state index contributed by atoms with van der Waals surface area (Å²) in [6.45, 7) is -1.70. The van der Waals surface area contributed by atoms with Gasteiger partial charge in [-0.15, -0.1) is 0 Å². The van der Waals surface area contributed by atoms with Crippen LogP contribution in [0.25, 0.3) is 0 Å². The molecule has 0 radical (unpaired) electrons. The van der Waals surface area contributed by atoms with Crippen molar-refractivity contribution in [3.05, 3.63) is 190 Å². The molecular formula is C45H44N3O8PS. The van der Waals surface area contributed by atoms with Crippen LogP contribution >= 0.6 is 18.0 Å². The highest BCUT2D eigenvalue weighted by Gasteiger charge is 2.44. The van der Waals surface area contributed by atoms with Crippen LogP contribution in [0.3, 0.4) is 0 Å². The Bertz CT molecular complexity index is 2340. The van der Waals surface area contributed by atoms with Crippen molar-refractivity contribution in [2.45, 2.75) is 36.2 Å². The van der Waals surface area contributed by atoms with Crippen LogP contribution in [0.2, 0.25) is 0 Å². The maximum Gasteiger partial charge on any atom is 0.351 e. The Morgan fingerprint density at radius 1 is 0.810 bits per heavy atom. The molecule has 1 amide bonds. The Balaban J connectivity index is 1.22. The number of anilines is 1. The molecule has 1 unspecified atom stereocenters. The second-order valence-electron chi connectivity index (χ2n) is 13.7. The minimum atomic E-state index is -3.28. The number of hydrogen-bond acceptors (Lipinski definition) is 10. The number of carbonyl (C=O) groups excluding carboxylic acids is 1. The standard InChI is InChI=1S/C45H44N3O8PS/c1-52-37-23-19-35(20-24-37)45(34-17-11-6-12-18-34,36-21-25-38(53-2)26-22-36)54-30-40-39(56-57(3,51)58-31-32-13-7-4-8-14-32)29-42(55-40)48-28-27-41(47-44(48)50)46-43(49)33-15-9-5-10-16-33/h4-28,39-40,42H,29-31H2,1-3H3,(H,46,47,49,50)/t39-,40+,42+,57?/m0/s1. The third kappa shape index (κ3) is 9.44. The lowest BCUT2D eigenvalue weighted by Crippen LogP contribution is -2.38. The van der Waals surface area contributed by atoms with Gasteiger partial charge >= 0.3 is 5.69 Å². The van der Waals surface area contributed by atoms with Crippen molar-refractivity contribution in [2.75, 3.05) is 32.8 Å². The van der Waals surface area contributed by atoms with E-state index < -0.39 is 42.2 Å². The Hall–Kier alpha value is -5.49. The van der Waals surface area contributed by atoms with Gasteiger partial charge in [-0.3, -0.25) is 13.9 Å². The molecular weight excluding hydrogens is 774 g/mol. The third-order valence-corrected chi connectivity index (χ3v) is 13.5. The highest BCUT2D eigenvalue weighted by molar-refractivity contribution is 8.56. The number of aromatic nitrogens is 2. The molecule has 1 fully saturated rings. The Labute approximate surface area is 341 Å². The lowest BCUT2D eigenvalue weighted by Gasteiger charge is -2.37. The molecule has 0 aliphatic carbocycles. The summed E-state index contributed by atoms with van der Waals surface area (Å²) in [5.41, 5.74) is 2.15. The van der Waals surface area contributed by atoms with Crippen molar-refractivity contribution >= 4 is 29.7 Å². The smallest absolute Gasteiger partial charge is 0.351 e. The number of carbonyl (C=O) groups is 1. The summed E-state index contributed by atoms with van der Waals surface area (Å²) in [4.78, 5) is 30.5. The summed E-state index contributed by atoms with van der Waals surface area (Å²) in [6.07, 6.45) is -0.657. The summed E-state index contributed by atoms with van der Waals surface area (Å²) in [5.74, 6) is 1.57. The van der Waals surface area contributed by atoms with Gasteiger partial charge in [-0.05, 0) is 64.7 Å². The van der Waals surface area contributed by atoms with Gasteiger partial charge in [0.15, 0.2) is 0 Å². The highest BCUT2D eigenvalue weighted by Crippen LogP contribution is 2.60. The number of nitrogens with zero attached hydrogens (tertiary/aromatic N) is 2. The molecule has 4 atom stereocenters. The molecule has 1 aliphatic heterocycles. The fourth-order valence-corrected chi connectivity index (χ4v) is 9.95. The fraction of sp³-hybridized carbons (Fsp3) is 0.222. The lowest BCUT2D eigenvalue weighted by molar-refractivity contribution is -0.0911. The molecule has 1 aromatic heterocycles. The molecule has 6 aromatic rings. The molecule has 1 N–H and O–H groups in total. The van der Waals surface area contributed by atoms with Crippen LogP contribution in [0, 0.1) is 0 Å². The van der Waals surface area contributed by atoms with Crippen molar-refractivity contribution < 1.29 is 32.8 Å². The predicted octanol–water partition coefficient (Wildman–Crippen LogP) is 8.95. The maximum atomic E-state index is 14.1. The molecule has 13 heteroatoms. The number of nitrogens with one attached hydrogen (secondary N) is 1. The number of benzene rings is 5. The summed E-state index contributed by atoms with van der Waals surface area (Å²) >= 11 is 1.24. The van der Waals surface area contributed by atoms with Crippen molar-refractivity contribution in [2.24, 2.45) is 0 Å². The van der Waals surface area contributed by atoms with Gasteiger partial charge in [-0.25, -0.2) is 4.79 Å².